The molecule has 0 saturated carbocycles. The van der Waals surface area contributed by atoms with Gasteiger partial charge in [0.15, 0.2) is 5.82 Å². The standard InChI is InChI=1S/C15H20N6O/c1-2-21-6-5-11(9-21)7-17-15(22)12-3-4-13(16-8-12)14-18-10-19-20-14/h3-4,8,10-11H,2,5-7,9H2,1H3,(H,17,22)(H,18,19,20). The van der Waals surface area contributed by atoms with Crippen molar-refractivity contribution >= 4 is 5.91 Å². The summed E-state index contributed by atoms with van der Waals surface area (Å²) >= 11 is 0. The van der Waals surface area contributed by atoms with E-state index in [-0.39, 0.29) is 5.91 Å². The Morgan fingerprint density at radius 3 is 3.00 bits per heavy atom. The van der Waals surface area contributed by atoms with Gasteiger partial charge in [0.05, 0.1) is 5.56 Å². The molecule has 1 aliphatic rings. The normalized spacial score (nSPS) is 18.5. The van der Waals surface area contributed by atoms with Gasteiger partial charge in [0.25, 0.3) is 5.91 Å². The Morgan fingerprint density at radius 1 is 1.45 bits per heavy atom. The lowest BCUT2D eigenvalue weighted by Gasteiger charge is -2.13. The molecule has 0 spiro atoms. The summed E-state index contributed by atoms with van der Waals surface area (Å²) in [4.78, 5) is 22.8. The van der Waals surface area contributed by atoms with E-state index < -0.39 is 0 Å². The Balaban J connectivity index is 1.54. The number of amides is 1. The van der Waals surface area contributed by atoms with E-state index in [1.54, 1.807) is 18.3 Å². The van der Waals surface area contributed by atoms with Crippen LogP contribution in [0.1, 0.15) is 23.7 Å². The number of nitrogens with one attached hydrogen (secondary N) is 2. The minimum atomic E-state index is -0.0773. The molecule has 1 fully saturated rings. The van der Waals surface area contributed by atoms with Gasteiger partial charge in [-0.1, -0.05) is 6.92 Å². The first-order chi connectivity index (χ1) is 10.8. The number of hydrogen-bond donors (Lipinski definition) is 2. The average molecular weight is 300 g/mol. The second-order valence-corrected chi connectivity index (χ2v) is 5.52. The number of carbonyl (C=O) groups is 1. The first-order valence-electron chi connectivity index (χ1n) is 7.58. The van der Waals surface area contributed by atoms with Crippen molar-refractivity contribution in [2.45, 2.75) is 13.3 Å². The SMILES string of the molecule is CCN1CCC(CNC(=O)c2ccc(-c3ncn[nH]3)nc2)C1. The number of H-pyrrole nitrogens is 1. The van der Waals surface area contributed by atoms with Gasteiger partial charge in [0.2, 0.25) is 0 Å². The highest BCUT2D eigenvalue weighted by Gasteiger charge is 2.21. The van der Waals surface area contributed by atoms with Crippen LogP contribution in [0.15, 0.2) is 24.7 Å². The largest absolute Gasteiger partial charge is 0.352 e. The maximum Gasteiger partial charge on any atom is 0.252 e. The fourth-order valence-corrected chi connectivity index (χ4v) is 2.70. The van der Waals surface area contributed by atoms with Crippen molar-refractivity contribution in [3.8, 4) is 11.5 Å². The lowest BCUT2D eigenvalue weighted by molar-refractivity contribution is 0.0947. The molecule has 2 aromatic rings. The van der Waals surface area contributed by atoms with Crippen LogP contribution < -0.4 is 5.32 Å². The predicted octanol–water partition coefficient (Wildman–Crippen LogP) is 0.938. The highest BCUT2D eigenvalue weighted by atomic mass is 16.1. The smallest absolute Gasteiger partial charge is 0.252 e. The summed E-state index contributed by atoms with van der Waals surface area (Å²) in [5.74, 6) is 1.06. The van der Waals surface area contributed by atoms with Crippen molar-refractivity contribution in [2.75, 3.05) is 26.2 Å². The van der Waals surface area contributed by atoms with Crippen molar-refractivity contribution in [1.29, 1.82) is 0 Å². The van der Waals surface area contributed by atoms with E-state index in [0.717, 1.165) is 32.6 Å². The number of aromatic nitrogens is 4. The van der Waals surface area contributed by atoms with Crippen molar-refractivity contribution in [3.05, 3.63) is 30.2 Å². The van der Waals surface area contributed by atoms with Crippen LogP contribution in [0.4, 0.5) is 0 Å². The number of hydrogen-bond acceptors (Lipinski definition) is 5. The quantitative estimate of drug-likeness (QED) is 0.858. The van der Waals surface area contributed by atoms with Crippen molar-refractivity contribution in [3.63, 3.8) is 0 Å². The molecule has 1 amide bonds. The summed E-state index contributed by atoms with van der Waals surface area (Å²) in [5, 5.41) is 9.53. The maximum absolute atomic E-state index is 12.1. The molecule has 1 atom stereocenters. The van der Waals surface area contributed by atoms with E-state index in [1.165, 1.54) is 6.33 Å². The number of aromatic amines is 1. The molecular formula is C15H20N6O. The molecule has 1 aliphatic heterocycles. The molecule has 116 valence electrons. The molecule has 1 saturated heterocycles. The van der Waals surface area contributed by atoms with Gasteiger partial charge >= 0.3 is 0 Å². The molecule has 2 N–H and O–H groups in total. The lowest BCUT2D eigenvalue weighted by atomic mass is 10.1. The van der Waals surface area contributed by atoms with Crippen molar-refractivity contribution < 1.29 is 4.79 Å². The van der Waals surface area contributed by atoms with Crippen LogP contribution in [-0.4, -0.2) is 57.2 Å². The molecule has 22 heavy (non-hydrogen) atoms. The van der Waals surface area contributed by atoms with Gasteiger partial charge in [-0.25, -0.2) is 4.98 Å². The number of rotatable bonds is 5. The van der Waals surface area contributed by atoms with Gasteiger partial charge in [-0.05, 0) is 37.6 Å². The molecule has 7 nitrogen and oxygen atoms in total. The molecule has 2 aromatic heterocycles. The molecule has 1 unspecified atom stereocenters. The zero-order valence-corrected chi connectivity index (χ0v) is 12.6. The van der Waals surface area contributed by atoms with Gasteiger partial charge in [-0.15, -0.1) is 0 Å². The Hall–Kier alpha value is -2.28. The summed E-state index contributed by atoms with van der Waals surface area (Å²) in [5.41, 5.74) is 1.23. The van der Waals surface area contributed by atoms with Crippen LogP contribution in [0.2, 0.25) is 0 Å². The third kappa shape index (κ3) is 3.30. The lowest BCUT2D eigenvalue weighted by Crippen LogP contribution is -2.31. The molecule has 3 heterocycles. The molecule has 0 bridgehead atoms. The average Bonchev–Trinajstić information content (AvgIpc) is 3.24. The number of carbonyl (C=O) groups excluding carboxylic acids is 1. The van der Waals surface area contributed by atoms with Crippen LogP contribution in [0.5, 0.6) is 0 Å². The van der Waals surface area contributed by atoms with E-state index >= 15 is 0 Å². The molecular weight excluding hydrogens is 280 g/mol. The Morgan fingerprint density at radius 2 is 2.36 bits per heavy atom. The van der Waals surface area contributed by atoms with Gasteiger partial charge in [-0.3, -0.25) is 14.9 Å². The fourth-order valence-electron chi connectivity index (χ4n) is 2.70. The third-order valence-corrected chi connectivity index (χ3v) is 4.05. The Kier molecular flexibility index (Phi) is 4.43. The highest BCUT2D eigenvalue weighted by molar-refractivity contribution is 5.94. The third-order valence-electron chi connectivity index (χ3n) is 4.05. The van der Waals surface area contributed by atoms with Gasteiger partial charge < -0.3 is 10.2 Å². The monoisotopic (exact) mass is 300 g/mol. The van der Waals surface area contributed by atoms with E-state index in [1.807, 2.05) is 0 Å². The first-order valence-corrected chi connectivity index (χ1v) is 7.58. The van der Waals surface area contributed by atoms with Crippen LogP contribution in [0.3, 0.4) is 0 Å². The topological polar surface area (TPSA) is 86.8 Å². The minimum Gasteiger partial charge on any atom is -0.352 e. The van der Waals surface area contributed by atoms with Gasteiger partial charge in [-0.2, -0.15) is 5.10 Å². The number of nitrogens with zero attached hydrogens (tertiary/aromatic N) is 4. The van der Waals surface area contributed by atoms with Crippen LogP contribution in [0, 0.1) is 5.92 Å². The van der Waals surface area contributed by atoms with Gasteiger partial charge in [0, 0.05) is 19.3 Å². The number of likely N-dealkylation sites (tertiary alicyclic amines) is 1. The van der Waals surface area contributed by atoms with Crippen LogP contribution in [0.25, 0.3) is 11.5 Å². The molecule has 7 heteroatoms. The van der Waals surface area contributed by atoms with Crippen LogP contribution >= 0.6 is 0 Å². The van der Waals surface area contributed by atoms with Crippen molar-refractivity contribution in [2.24, 2.45) is 5.92 Å². The van der Waals surface area contributed by atoms with Crippen molar-refractivity contribution in [1.82, 2.24) is 30.4 Å². The predicted molar refractivity (Wildman–Crippen MR) is 82.2 cm³/mol. The molecule has 3 rings (SSSR count). The first kappa shape index (κ1) is 14.6. The second kappa shape index (κ2) is 6.65. The summed E-state index contributed by atoms with van der Waals surface area (Å²) in [6.07, 6.45) is 4.15. The highest BCUT2D eigenvalue weighted by Crippen LogP contribution is 2.15. The fraction of sp³-hybridized carbons (Fsp3) is 0.467. The Labute approximate surface area is 129 Å². The molecule has 0 radical (unpaired) electrons. The van der Waals surface area contributed by atoms with E-state index in [0.29, 0.717) is 23.0 Å². The van der Waals surface area contributed by atoms with Crippen LogP contribution in [-0.2, 0) is 0 Å². The van der Waals surface area contributed by atoms with E-state index in [2.05, 4.69) is 37.3 Å². The summed E-state index contributed by atoms with van der Waals surface area (Å²) in [6, 6.07) is 3.52. The number of pyridine rings is 1. The summed E-state index contributed by atoms with van der Waals surface area (Å²) in [6.45, 7) is 6.17. The zero-order valence-electron chi connectivity index (χ0n) is 12.6. The summed E-state index contributed by atoms with van der Waals surface area (Å²) < 4.78 is 0. The second-order valence-electron chi connectivity index (χ2n) is 5.52. The molecule has 0 aromatic carbocycles. The zero-order chi connectivity index (χ0) is 15.4. The van der Waals surface area contributed by atoms with Gasteiger partial charge in [0.1, 0.15) is 12.0 Å². The summed E-state index contributed by atoms with van der Waals surface area (Å²) in [7, 11) is 0. The molecule has 0 aliphatic carbocycles. The maximum atomic E-state index is 12.1. The Bertz CT molecular complexity index is 609. The van der Waals surface area contributed by atoms with E-state index in [9.17, 15) is 4.79 Å². The van der Waals surface area contributed by atoms with E-state index in [4.69, 9.17) is 0 Å². The minimum absolute atomic E-state index is 0.0773.